The minimum absolute atomic E-state index is 0.00810. The van der Waals surface area contributed by atoms with Gasteiger partial charge in [-0.2, -0.15) is 0 Å². The number of aliphatic carboxylic acids is 1. The van der Waals surface area contributed by atoms with Gasteiger partial charge in [-0.05, 0) is 12.1 Å². The number of benzene rings is 1. The van der Waals surface area contributed by atoms with Gasteiger partial charge in [0.15, 0.2) is 24.5 Å². The lowest BCUT2D eigenvalue weighted by Gasteiger charge is -2.06. The molecule has 0 amide bonds. The third kappa shape index (κ3) is 2.29. The number of carbonyl (C=O) groups excluding carboxylic acids is 1. The Hall–Kier alpha value is -1.91. The molecule has 0 saturated carbocycles. The van der Waals surface area contributed by atoms with Crippen molar-refractivity contribution in [1.82, 2.24) is 0 Å². The minimum atomic E-state index is -1.23. The Morgan fingerprint density at radius 3 is 2.86 bits per heavy atom. The average Bonchev–Trinajstić information content (AvgIpc) is 2.15. The first-order valence-electron chi connectivity index (χ1n) is 3.73. The van der Waals surface area contributed by atoms with Gasteiger partial charge in [-0.3, -0.25) is 4.79 Å². The number of carbonyl (C=O) groups is 2. The summed E-state index contributed by atoms with van der Waals surface area (Å²) in [5, 5.41) is 8.29. The zero-order valence-electron chi connectivity index (χ0n) is 7.07. The fourth-order valence-corrected chi connectivity index (χ4v) is 0.905. The molecule has 0 spiro atoms. The van der Waals surface area contributed by atoms with Crippen LogP contribution in [0.3, 0.4) is 0 Å². The van der Waals surface area contributed by atoms with Gasteiger partial charge in [0.1, 0.15) is 0 Å². The molecule has 0 aliphatic heterocycles. The molecule has 1 aromatic rings. The molecule has 14 heavy (non-hydrogen) atoms. The van der Waals surface area contributed by atoms with Gasteiger partial charge in [0.2, 0.25) is 0 Å². The summed E-state index contributed by atoms with van der Waals surface area (Å²) < 4.78 is 17.6. The minimum Gasteiger partial charge on any atom is -0.479 e. The summed E-state index contributed by atoms with van der Waals surface area (Å²) >= 11 is 0. The topological polar surface area (TPSA) is 63.6 Å². The Labute approximate surface area is 78.9 Å². The highest BCUT2D eigenvalue weighted by molar-refractivity contribution is 5.79. The second-order valence-electron chi connectivity index (χ2n) is 2.46. The number of carboxylic acids is 1. The third-order valence-electron chi connectivity index (χ3n) is 1.46. The van der Waals surface area contributed by atoms with Crippen molar-refractivity contribution in [3.63, 3.8) is 0 Å². The fraction of sp³-hybridized carbons (Fsp3) is 0.111. The zero-order valence-corrected chi connectivity index (χ0v) is 7.07. The van der Waals surface area contributed by atoms with Gasteiger partial charge in [0.25, 0.3) is 0 Å². The van der Waals surface area contributed by atoms with E-state index in [0.29, 0.717) is 6.29 Å². The number of hydrogen-bond donors (Lipinski definition) is 1. The lowest BCUT2D eigenvalue weighted by molar-refractivity contribution is -0.139. The molecule has 0 saturated heterocycles. The predicted molar refractivity (Wildman–Crippen MR) is 44.9 cm³/mol. The summed E-state index contributed by atoms with van der Waals surface area (Å²) in [6.07, 6.45) is 0.403. The molecule has 0 unspecified atom stereocenters. The molecule has 0 aromatic heterocycles. The molecule has 0 radical (unpaired) electrons. The maximum Gasteiger partial charge on any atom is 0.341 e. The average molecular weight is 198 g/mol. The van der Waals surface area contributed by atoms with E-state index in [1.54, 1.807) is 0 Å². The number of hydrogen-bond acceptors (Lipinski definition) is 3. The smallest absolute Gasteiger partial charge is 0.341 e. The monoisotopic (exact) mass is 198 g/mol. The molecule has 5 heteroatoms. The zero-order chi connectivity index (χ0) is 10.6. The Balaban J connectivity index is 2.93. The molecule has 74 valence electrons. The van der Waals surface area contributed by atoms with Gasteiger partial charge in [-0.25, -0.2) is 9.18 Å². The predicted octanol–water partition coefficient (Wildman–Crippen LogP) is 1.10. The molecule has 0 aliphatic rings. The maximum absolute atomic E-state index is 13.0. The molecule has 0 heterocycles. The van der Waals surface area contributed by atoms with Crippen molar-refractivity contribution >= 4 is 12.3 Å². The highest BCUT2D eigenvalue weighted by Gasteiger charge is 2.10. The van der Waals surface area contributed by atoms with Crippen LogP contribution in [-0.4, -0.2) is 24.0 Å². The van der Waals surface area contributed by atoms with Crippen molar-refractivity contribution in [1.29, 1.82) is 0 Å². The first-order valence-corrected chi connectivity index (χ1v) is 3.73. The van der Waals surface area contributed by atoms with Crippen LogP contribution in [0, 0.1) is 5.82 Å². The first-order chi connectivity index (χ1) is 6.65. The fourth-order valence-electron chi connectivity index (χ4n) is 0.905. The van der Waals surface area contributed by atoms with Crippen molar-refractivity contribution in [3.8, 4) is 5.75 Å². The normalized spacial score (nSPS) is 9.50. The van der Waals surface area contributed by atoms with Crippen LogP contribution in [0.25, 0.3) is 0 Å². The Morgan fingerprint density at radius 1 is 1.57 bits per heavy atom. The van der Waals surface area contributed by atoms with E-state index in [2.05, 4.69) is 4.74 Å². The Bertz CT molecular complexity index is 362. The summed E-state index contributed by atoms with van der Waals surface area (Å²) in [5.74, 6) is -2.31. The van der Waals surface area contributed by atoms with Crippen LogP contribution in [0.15, 0.2) is 18.2 Å². The number of ether oxygens (including phenoxy) is 1. The van der Waals surface area contributed by atoms with E-state index in [0.717, 1.165) is 6.07 Å². The molecule has 0 fully saturated rings. The van der Waals surface area contributed by atoms with E-state index in [4.69, 9.17) is 5.11 Å². The van der Waals surface area contributed by atoms with Gasteiger partial charge in [0, 0.05) is 0 Å². The maximum atomic E-state index is 13.0. The quantitative estimate of drug-likeness (QED) is 0.736. The Morgan fingerprint density at radius 2 is 2.29 bits per heavy atom. The molecule has 0 aliphatic carbocycles. The molecular weight excluding hydrogens is 191 g/mol. The first kappa shape index (κ1) is 10.2. The van der Waals surface area contributed by atoms with Crippen LogP contribution >= 0.6 is 0 Å². The number of para-hydroxylation sites is 1. The van der Waals surface area contributed by atoms with Gasteiger partial charge in [-0.1, -0.05) is 6.07 Å². The van der Waals surface area contributed by atoms with Crippen molar-refractivity contribution < 1.29 is 23.8 Å². The van der Waals surface area contributed by atoms with Crippen LogP contribution in [0.4, 0.5) is 4.39 Å². The lowest BCUT2D eigenvalue weighted by Crippen LogP contribution is -2.11. The van der Waals surface area contributed by atoms with Crippen LogP contribution in [0.1, 0.15) is 10.4 Å². The van der Waals surface area contributed by atoms with Crippen molar-refractivity contribution in [2.24, 2.45) is 0 Å². The lowest BCUT2D eigenvalue weighted by atomic mass is 10.2. The van der Waals surface area contributed by atoms with Gasteiger partial charge < -0.3 is 9.84 Å². The van der Waals surface area contributed by atoms with E-state index in [1.165, 1.54) is 12.1 Å². The summed E-state index contributed by atoms with van der Waals surface area (Å²) in [5.41, 5.74) is -0.00810. The number of rotatable bonds is 4. The number of aldehydes is 1. The molecule has 1 rings (SSSR count). The summed E-state index contributed by atoms with van der Waals surface area (Å²) in [6, 6.07) is 3.77. The summed E-state index contributed by atoms with van der Waals surface area (Å²) in [7, 11) is 0. The second-order valence-corrected chi connectivity index (χ2v) is 2.46. The molecular formula is C9H7FO4. The van der Waals surface area contributed by atoms with Crippen LogP contribution in [-0.2, 0) is 4.79 Å². The van der Waals surface area contributed by atoms with E-state index in [-0.39, 0.29) is 11.3 Å². The van der Waals surface area contributed by atoms with E-state index >= 15 is 0 Å². The van der Waals surface area contributed by atoms with Crippen molar-refractivity contribution in [3.05, 3.63) is 29.6 Å². The molecule has 1 N–H and O–H groups in total. The van der Waals surface area contributed by atoms with Crippen molar-refractivity contribution in [2.75, 3.05) is 6.61 Å². The van der Waals surface area contributed by atoms with Crippen LogP contribution < -0.4 is 4.74 Å². The number of halogens is 1. The largest absolute Gasteiger partial charge is 0.479 e. The number of carboxylic acid groups (broad SMARTS) is 1. The summed E-state index contributed by atoms with van der Waals surface area (Å²) in [4.78, 5) is 20.6. The van der Waals surface area contributed by atoms with Crippen LogP contribution in [0.5, 0.6) is 5.75 Å². The molecule has 0 atom stereocenters. The molecule has 0 bridgehead atoms. The third-order valence-corrected chi connectivity index (χ3v) is 1.46. The van der Waals surface area contributed by atoms with Gasteiger partial charge in [-0.15, -0.1) is 0 Å². The second kappa shape index (κ2) is 4.36. The van der Waals surface area contributed by atoms with Crippen molar-refractivity contribution in [2.45, 2.75) is 0 Å². The van der Waals surface area contributed by atoms with E-state index < -0.39 is 18.4 Å². The summed E-state index contributed by atoms with van der Waals surface area (Å²) in [6.45, 7) is -0.679. The SMILES string of the molecule is O=Cc1cccc(F)c1OCC(=O)O. The van der Waals surface area contributed by atoms with E-state index in [1.807, 2.05) is 0 Å². The standard InChI is InChI=1S/C9H7FO4/c10-7-3-1-2-6(4-11)9(7)14-5-8(12)13/h1-4H,5H2,(H,12,13). The molecule has 4 nitrogen and oxygen atoms in total. The van der Waals surface area contributed by atoms with Gasteiger partial charge in [0.05, 0.1) is 5.56 Å². The highest BCUT2D eigenvalue weighted by atomic mass is 19.1. The van der Waals surface area contributed by atoms with E-state index in [9.17, 15) is 14.0 Å². The van der Waals surface area contributed by atoms with Gasteiger partial charge >= 0.3 is 5.97 Å². The molecule has 1 aromatic carbocycles. The highest BCUT2D eigenvalue weighted by Crippen LogP contribution is 2.20. The van der Waals surface area contributed by atoms with Crippen LogP contribution in [0.2, 0.25) is 0 Å². The Kier molecular flexibility index (Phi) is 3.17.